The van der Waals surface area contributed by atoms with Crippen LogP contribution < -0.4 is 10.2 Å². The number of aromatic nitrogens is 4. The van der Waals surface area contributed by atoms with E-state index in [0.717, 1.165) is 22.6 Å². The third-order valence-corrected chi connectivity index (χ3v) is 14.1. The van der Waals surface area contributed by atoms with Gasteiger partial charge in [-0.2, -0.15) is 0 Å². The third-order valence-electron chi connectivity index (χ3n) is 7.78. The van der Waals surface area contributed by atoms with Gasteiger partial charge in [0.25, 0.3) is 0 Å². The van der Waals surface area contributed by atoms with Gasteiger partial charge < -0.3 is 10.1 Å². The number of anilines is 1. The van der Waals surface area contributed by atoms with E-state index in [4.69, 9.17) is 14.7 Å². The molecule has 10 heteroatoms. The van der Waals surface area contributed by atoms with Crippen molar-refractivity contribution in [1.82, 2.24) is 24.7 Å². The molecule has 0 saturated heterocycles. The number of amides is 2. The molecule has 2 amide bonds. The van der Waals surface area contributed by atoms with E-state index >= 15 is 0 Å². The van der Waals surface area contributed by atoms with Gasteiger partial charge in [0.05, 0.1) is 17.6 Å². The van der Waals surface area contributed by atoms with E-state index in [1.165, 1.54) is 4.90 Å². The Bertz CT molecular complexity index is 1490. The monoisotopic (exact) mass is 590 g/mol. The number of alkyl carbamates (subject to hydrolysis) is 1. The van der Waals surface area contributed by atoms with Crippen LogP contribution in [0.15, 0.2) is 30.7 Å². The average Bonchev–Trinajstić information content (AvgIpc) is 3.21. The van der Waals surface area contributed by atoms with Crippen LogP contribution in [0.4, 0.5) is 10.6 Å². The predicted octanol–water partition coefficient (Wildman–Crippen LogP) is 6.55. The lowest BCUT2D eigenvalue weighted by Crippen LogP contribution is -2.47. The zero-order chi connectivity index (χ0) is 31.6. The third kappa shape index (κ3) is 6.84. The number of carbonyl (C=O) groups is 2. The van der Waals surface area contributed by atoms with Gasteiger partial charge in [-0.3, -0.25) is 19.1 Å². The first-order valence-corrected chi connectivity index (χ1v) is 16.8. The van der Waals surface area contributed by atoms with Crippen molar-refractivity contribution in [2.45, 2.75) is 104 Å². The van der Waals surface area contributed by atoms with Crippen LogP contribution >= 0.6 is 0 Å². The summed E-state index contributed by atoms with van der Waals surface area (Å²) in [5.74, 6) is 3.62. The SMILES string of the molecule is Cc1nc2cnccn2c1-c1ccc(N(C)C(=O)C(C)NC(=O)OC(C)(C)C)nc1C#C[Si](C(C)C)(C(C)C)C(C)C. The molecule has 0 saturated carbocycles. The molecule has 1 unspecified atom stereocenters. The van der Waals surface area contributed by atoms with Gasteiger partial charge in [-0.1, -0.05) is 47.5 Å². The maximum Gasteiger partial charge on any atom is 0.408 e. The summed E-state index contributed by atoms with van der Waals surface area (Å²) in [7, 11) is -0.435. The quantitative estimate of drug-likeness (QED) is 0.248. The number of carbonyl (C=O) groups excluding carboxylic acids is 2. The van der Waals surface area contributed by atoms with E-state index in [2.05, 4.69) is 63.3 Å². The summed E-state index contributed by atoms with van der Waals surface area (Å²) < 4.78 is 7.31. The van der Waals surface area contributed by atoms with Crippen molar-refractivity contribution in [3.63, 3.8) is 0 Å². The second-order valence-electron chi connectivity index (χ2n) is 12.8. The van der Waals surface area contributed by atoms with E-state index in [9.17, 15) is 9.59 Å². The van der Waals surface area contributed by atoms with E-state index in [1.807, 2.05) is 23.6 Å². The molecular weight excluding hydrogens is 544 g/mol. The number of hydrogen-bond acceptors (Lipinski definition) is 6. The lowest BCUT2D eigenvalue weighted by Gasteiger charge is -2.38. The van der Waals surface area contributed by atoms with Crippen LogP contribution in [-0.2, 0) is 9.53 Å². The van der Waals surface area contributed by atoms with Gasteiger partial charge in [0, 0.05) is 25.0 Å². The summed E-state index contributed by atoms with van der Waals surface area (Å²) in [5.41, 5.74) is 8.34. The Hall–Kier alpha value is -3.71. The molecule has 0 aliphatic carbocycles. The Morgan fingerprint density at radius 3 is 2.21 bits per heavy atom. The maximum atomic E-state index is 13.3. The number of hydrogen-bond donors (Lipinski definition) is 1. The van der Waals surface area contributed by atoms with Gasteiger partial charge in [-0.05, 0) is 63.4 Å². The first kappa shape index (κ1) is 32.8. The number of likely N-dealkylation sites (N-methyl/N-ethyl adjacent to an activating group) is 1. The highest BCUT2D eigenvalue weighted by atomic mass is 28.3. The Balaban J connectivity index is 2.14. The highest BCUT2D eigenvalue weighted by Gasteiger charge is 2.41. The van der Waals surface area contributed by atoms with Crippen LogP contribution in [0.3, 0.4) is 0 Å². The summed E-state index contributed by atoms with van der Waals surface area (Å²) in [6.45, 7) is 22.6. The molecule has 9 nitrogen and oxygen atoms in total. The van der Waals surface area contributed by atoms with Gasteiger partial charge in [0.1, 0.15) is 31.2 Å². The smallest absolute Gasteiger partial charge is 0.408 e. The summed E-state index contributed by atoms with van der Waals surface area (Å²) in [6, 6.07) is 2.93. The molecule has 1 atom stereocenters. The highest BCUT2D eigenvalue weighted by molar-refractivity contribution is 6.90. The van der Waals surface area contributed by atoms with Gasteiger partial charge in [0.2, 0.25) is 5.91 Å². The minimum absolute atomic E-state index is 0.327. The largest absolute Gasteiger partial charge is 0.444 e. The van der Waals surface area contributed by atoms with Crippen LogP contribution in [0.5, 0.6) is 0 Å². The molecular formula is C32H46N6O3Si. The average molecular weight is 591 g/mol. The zero-order valence-electron chi connectivity index (χ0n) is 27.2. The molecule has 3 rings (SSSR count). The molecule has 226 valence electrons. The minimum Gasteiger partial charge on any atom is -0.444 e. The van der Waals surface area contributed by atoms with Crippen LogP contribution in [0, 0.1) is 18.4 Å². The Morgan fingerprint density at radius 1 is 1.02 bits per heavy atom. The Labute approximate surface area is 251 Å². The number of ether oxygens (including phenoxy) is 1. The topological polar surface area (TPSA) is 102 Å². The molecule has 0 spiro atoms. The summed E-state index contributed by atoms with van der Waals surface area (Å²) >= 11 is 0. The van der Waals surface area contributed by atoms with Crippen molar-refractivity contribution in [2.24, 2.45) is 0 Å². The molecule has 3 heterocycles. The molecule has 0 aliphatic rings. The van der Waals surface area contributed by atoms with Crippen molar-refractivity contribution in [3.8, 4) is 22.7 Å². The zero-order valence-corrected chi connectivity index (χ0v) is 28.2. The maximum absolute atomic E-state index is 13.3. The van der Waals surface area contributed by atoms with Gasteiger partial charge in [0.15, 0.2) is 5.65 Å². The fourth-order valence-corrected chi connectivity index (χ4v) is 11.0. The fourth-order valence-electron chi connectivity index (χ4n) is 5.82. The minimum atomic E-state index is -2.08. The first-order chi connectivity index (χ1) is 19.5. The Morgan fingerprint density at radius 2 is 1.64 bits per heavy atom. The summed E-state index contributed by atoms with van der Waals surface area (Å²) in [6.07, 6.45) is 4.68. The standard InChI is InChI=1S/C32H46N6O3Si/c1-20(2)42(21(3)4,22(5)6)18-15-26-25(29-23(7)34-28-19-33-16-17-38(28)29)13-14-27(36-26)37(12)30(39)24(8)35-31(40)41-32(9,10)11/h13-14,16-17,19-22,24H,1-12H3,(H,35,40). The molecule has 0 radical (unpaired) electrons. The number of rotatable bonds is 7. The van der Waals surface area contributed by atoms with Gasteiger partial charge >= 0.3 is 6.09 Å². The summed E-state index contributed by atoms with van der Waals surface area (Å²) in [4.78, 5) is 41.0. The second-order valence-corrected chi connectivity index (χ2v) is 18.4. The van der Waals surface area contributed by atoms with E-state index in [0.29, 0.717) is 28.1 Å². The molecule has 1 N–H and O–H groups in total. The van der Waals surface area contributed by atoms with Crippen LogP contribution in [0.25, 0.3) is 16.9 Å². The van der Waals surface area contributed by atoms with E-state index < -0.39 is 25.8 Å². The number of aryl methyl sites for hydroxylation is 1. The van der Waals surface area contributed by atoms with Crippen molar-refractivity contribution in [1.29, 1.82) is 0 Å². The molecule has 0 fully saturated rings. The number of fused-ring (bicyclic) bond motifs is 1. The fraction of sp³-hybridized carbons (Fsp3) is 0.531. The van der Waals surface area contributed by atoms with Gasteiger partial charge in [-0.25, -0.2) is 14.8 Å². The van der Waals surface area contributed by atoms with E-state index in [-0.39, 0.29) is 5.91 Å². The molecule has 3 aromatic rings. The lowest BCUT2D eigenvalue weighted by atomic mass is 10.1. The second kappa shape index (κ2) is 12.7. The van der Waals surface area contributed by atoms with Crippen molar-refractivity contribution in [3.05, 3.63) is 42.1 Å². The molecule has 3 aromatic heterocycles. The van der Waals surface area contributed by atoms with E-state index in [1.54, 1.807) is 53.2 Å². The summed E-state index contributed by atoms with van der Waals surface area (Å²) in [5, 5.41) is 2.63. The number of nitrogens with zero attached hydrogens (tertiary/aromatic N) is 5. The highest BCUT2D eigenvalue weighted by Crippen LogP contribution is 2.41. The normalized spacial score (nSPS) is 12.8. The lowest BCUT2D eigenvalue weighted by molar-refractivity contribution is -0.120. The number of imidazole rings is 1. The van der Waals surface area contributed by atoms with Crippen LogP contribution in [0.2, 0.25) is 16.6 Å². The molecule has 0 bridgehead atoms. The van der Waals surface area contributed by atoms with Crippen molar-refractivity contribution in [2.75, 3.05) is 11.9 Å². The van der Waals surface area contributed by atoms with Crippen molar-refractivity contribution < 1.29 is 14.3 Å². The van der Waals surface area contributed by atoms with Crippen LogP contribution in [0.1, 0.15) is 80.6 Å². The number of pyridine rings is 1. The molecule has 0 aliphatic heterocycles. The van der Waals surface area contributed by atoms with Gasteiger partial charge in [-0.15, -0.1) is 5.54 Å². The van der Waals surface area contributed by atoms with Crippen molar-refractivity contribution >= 4 is 31.5 Å². The predicted molar refractivity (Wildman–Crippen MR) is 171 cm³/mol. The first-order valence-electron chi connectivity index (χ1n) is 14.6. The molecule has 42 heavy (non-hydrogen) atoms. The Kier molecular flexibility index (Phi) is 9.88. The van der Waals surface area contributed by atoms with Crippen LogP contribution in [-0.4, -0.2) is 58.1 Å². The number of nitrogens with one attached hydrogen (secondary N) is 1. The molecule has 0 aromatic carbocycles.